The molecule has 0 saturated carbocycles. The second-order valence-corrected chi connectivity index (χ2v) is 10.7. The predicted octanol–water partition coefficient (Wildman–Crippen LogP) is 6.67. The molecule has 4 aromatic carbocycles. The van der Waals surface area contributed by atoms with Gasteiger partial charge in [0, 0.05) is 10.7 Å². The molecule has 0 spiro atoms. The molecule has 0 unspecified atom stereocenters. The van der Waals surface area contributed by atoms with E-state index in [1.54, 1.807) is 84.9 Å². The average Bonchev–Trinajstić information content (AvgIpc) is 2.91. The summed E-state index contributed by atoms with van der Waals surface area (Å²) in [6.07, 6.45) is 0. The van der Waals surface area contributed by atoms with E-state index in [4.69, 9.17) is 21.1 Å². The second-order valence-electron chi connectivity index (χ2n) is 8.38. The van der Waals surface area contributed by atoms with Crippen molar-refractivity contribution in [3.05, 3.63) is 108 Å². The van der Waals surface area contributed by atoms with Crippen molar-refractivity contribution in [1.82, 2.24) is 0 Å². The lowest BCUT2D eigenvalue weighted by Crippen LogP contribution is -2.38. The first-order chi connectivity index (χ1) is 18.2. The summed E-state index contributed by atoms with van der Waals surface area (Å²) in [6.45, 7) is 3.81. The van der Waals surface area contributed by atoms with E-state index in [0.717, 1.165) is 9.87 Å². The first-order valence-electron chi connectivity index (χ1n) is 11.9. The third kappa shape index (κ3) is 6.85. The molecule has 9 heteroatoms. The summed E-state index contributed by atoms with van der Waals surface area (Å²) in [5.74, 6) is 1.27. The third-order valence-electron chi connectivity index (χ3n) is 5.52. The molecule has 0 fully saturated rings. The fraction of sp³-hybridized carbons (Fsp3) is 0.138. The smallest absolute Gasteiger partial charge is 0.264 e. The lowest BCUT2D eigenvalue weighted by molar-refractivity contribution is -0.114. The quantitative estimate of drug-likeness (QED) is 0.238. The third-order valence-corrected chi connectivity index (χ3v) is 7.56. The Morgan fingerprint density at radius 2 is 1.37 bits per heavy atom. The van der Waals surface area contributed by atoms with Gasteiger partial charge < -0.3 is 14.8 Å². The van der Waals surface area contributed by atoms with Crippen molar-refractivity contribution in [2.45, 2.75) is 18.7 Å². The molecule has 0 radical (unpaired) electrons. The largest absolute Gasteiger partial charge is 0.494 e. The normalized spacial score (nSPS) is 11.0. The molecule has 38 heavy (non-hydrogen) atoms. The zero-order chi connectivity index (χ0) is 27.1. The van der Waals surface area contributed by atoms with E-state index in [2.05, 4.69) is 5.32 Å². The summed E-state index contributed by atoms with van der Waals surface area (Å²) in [5.41, 5.74) is 1.85. The lowest BCUT2D eigenvalue weighted by Gasteiger charge is -2.24. The molecular formula is C29H27ClN2O5S. The van der Waals surface area contributed by atoms with Gasteiger partial charge >= 0.3 is 0 Å². The number of carbonyl (C=O) groups excluding carboxylic acids is 1. The van der Waals surface area contributed by atoms with Crippen LogP contribution in [0.4, 0.5) is 11.4 Å². The van der Waals surface area contributed by atoms with E-state index in [1.165, 1.54) is 12.1 Å². The van der Waals surface area contributed by atoms with Crippen molar-refractivity contribution >= 4 is 38.9 Å². The van der Waals surface area contributed by atoms with Gasteiger partial charge in [-0.1, -0.05) is 29.3 Å². The van der Waals surface area contributed by atoms with E-state index in [1.807, 2.05) is 13.8 Å². The first kappa shape index (κ1) is 27.0. The van der Waals surface area contributed by atoms with Gasteiger partial charge in [-0.3, -0.25) is 9.10 Å². The van der Waals surface area contributed by atoms with Crippen molar-refractivity contribution in [3.63, 3.8) is 0 Å². The van der Waals surface area contributed by atoms with Crippen molar-refractivity contribution in [1.29, 1.82) is 0 Å². The Labute approximate surface area is 227 Å². The zero-order valence-electron chi connectivity index (χ0n) is 20.9. The van der Waals surface area contributed by atoms with E-state index in [9.17, 15) is 13.2 Å². The van der Waals surface area contributed by atoms with Crippen LogP contribution in [0.1, 0.15) is 12.5 Å². The fourth-order valence-corrected chi connectivity index (χ4v) is 5.15. The number of amides is 1. The highest BCUT2D eigenvalue weighted by molar-refractivity contribution is 7.92. The van der Waals surface area contributed by atoms with Crippen LogP contribution in [-0.2, 0) is 14.8 Å². The molecule has 0 atom stereocenters. The van der Waals surface area contributed by atoms with E-state index < -0.39 is 22.5 Å². The lowest BCUT2D eigenvalue weighted by atomic mass is 10.2. The Balaban J connectivity index is 1.51. The summed E-state index contributed by atoms with van der Waals surface area (Å²) < 4.78 is 39.5. The van der Waals surface area contributed by atoms with E-state index >= 15 is 0 Å². The summed E-state index contributed by atoms with van der Waals surface area (Å²) in [7, 11) is -4.04. The molecule has 0 aromatic heterocycles. The van der Waals surface area contributed by atoms with Crippen molar-refractivity contribution < 1.29 is 22.7 Å². The molecule has 196 valence electrons. The monoisotopic (exact) mass is 550 g/mol. The number of nitrogens with one attached hydrogen (secondary N) is 1. The second kappa shape index (κ2) is 12.0. The molecular weight excluding hydrogens is 524 g/mol. The number of ether oxygens (including phenoxy) is 2. The van der Waals surface area contributed by atoms with Gasteiger partial charge in [0.05, 0.1) is 17.2 Å². The zero-order valence-corrected chi connectivity index (χ0v) is 22.5. The standard InChI is InChI=1S/C29H27ClN2O5S/c1-3-36-25-16-18-28(19-17-25)38(34,35)32(24-10-4-21(2)5-11-24)20-29(33)31-23-8-14-27(15-9-23)37-26-12-6-22(30)7-13-26/h4-19H,3,20H2,1-2H3,(H,31,33). The number of hydrogen-bond donors (Lipinski definition) is 1. The number of anilines is 2. The summed E-state index contributed by atoms with van der Waals surface area (Å²) in [4.78, 5) is 13.1. The molecule has 4 rings (SSSR count). The minimum atomic E-state index is -4.04. The minimum Gasteiger partial charge on any atom is -0.494 e. The van der Waals surface area contributed by atoms with Gasteiger partial charge in [-0.05, 0) is 98.8 Å². The number of hydrogen-bond acceptors (Lipinski definition) is 5. The number of aryl methyl sites for hydroxylation is 1. The van der Waals surface area contributed by atoms with Crippen LogP contribution in [0.25, 0.3) is 0 Å². The molecule has 0 saturated heterocycles. The summed E-state index contributed by atoms with van der Waals surface area (Å²) >= 11 is 5.90. The highest BCUT2D eigenvalue weighted by Crippen LogP contribution is 2.27. The molecule has 4 aromatic rings. The highest BCUT2D eigenvalue weighted by atomic mass is 35.5. The summed E-state index contributed by atoms with van der Waals surface area (Å²) in [5, 5.41) is 3.37. The van der Waals surface area contributed by atoms with Crippen LogP contribution in [0.3, 0.4) is 0 Å². The van der Waals surface area contributed by atoms with Gasteiger partial charge in [0.15, 0.2) is 0 Å². The molecule has 0 aliphatic carbocycles. The van der Waals surface area contributed by atoms with Crippen LogP contribution in [0.15, 0.2) is 102 Å². The molecule has 7 nitrogen and oxygen atoms in total. The fourth-order valence-electron chi connectivity index (χ4n) is 3.60. The van der Waals surface area contributed by atoms with Crippen LogP contribution < -0.4 is 19.1 Å². The first-order valence-corrected chi connectivity index (χ1v) is 13.7. The minimum absolute atomic E-state index is 0.0537. The maximum absolute atomic E-state index is 13.6. The number of sulfonamides is 1. The number of benzene rings is 4. The van der Waals surface area contributed by atoms with E-state index in [0.29, 0.717) is 40.3 Å². The molecule has 0 aliphatic rings. The van der Waals surface area contributed by atoms with E-state index in [-0.39, 0.29) is 4.90 Å². The molecule has 0 heterocycles. The Kier molecular flexibility index (Phi) is 8.55. The van der Waals surface area contributed by atoms with Gasteiger partial charge in [0.1, 0.15) is 23.8 Å². The van der Waals surface area contributed by atoms with Gasteiger partial charge in [-0.2, -0.15) is 0 Å². The maximum atomic E-state index is 13.6. The number of nitrogens with zero attached hydrogens (tertiary/aromatic N) is 1. The van der Waals surface area contributed by atoms with Crippen LogP contribution >= 0.6 is 11.6 Å². The maximum Gasteiger partial charge on any atom is 0.264 e. The number of rotatable bonds is 10. The average molecular weight is 551 g/mol. The molecule has 0 aliphatic heterocycles. The molecule has 0 bridgehead atoms. The number of carbonyl (C=O) groups is 1. The highest BCUT2D eigenvalue weighted by Gasteiger charge is 2.27. The van der Waals surface area contributed by atoms with Crippen molar-refractivity contribution in [2.24, 2.45) is 0 Å². The Morgan fingerprint density at radius 3 is 1.95 bits per heavy atom. The van der Waals surface area contributed by atoms with Gasteiger partial charge in [0.25, 0.3) is 10.0 Å². The Hall–Kier alpha value is -4.01. The van der Waals surface area contributed by atoms with Gasteiger partial charge in [-0.25, -0.2) is 8.42 Å². The Bertz CT molecular complexity index is 1470. The topological polar surface area (TPSA) is 84.9 Å². The van der Waals surface area contributed by atoms with Crippen molar-refractivity contribution in [2.75, 3.05) is 22.8 Å². The van der Waals surface area contributed by atoms with Crippen LogP contribution in [-0.4, -0.2) is 27.5 Å². The molecule has 1 amide bonds. The predicted molar refractivity (Wildman–Crippen MR) is 150 cm³/mol. The summed E-state index contributed by atoms with van der Waals surface area (Å²) in [6, 6.07) is 26.8. The Morgan fingerprint density at radius 1 is 0.816 bits per heavy atom. The van der Waals surface area contributed by atoms with Crippen LogP contribution in [0, 0.1) is 6.92 Å². The van der Waals surface area contributed by atoms with Gasteiger partial charge in [0.2, 0.25) is 5.91 Å². The van der Waals surface area contributed by atoms with Crippen molar-refractivity contribution in [3.8, 4) is 17.2 Å². The molecule has 1 N–H and O–H groups in total. The van der Waals surface area contributed by atoms with Crippen LogP contribution in [0.5, 0.6) is 17.2 Å². The van der Waals surface area contributed by atoms with Gasteiger partial charge in [-0.15, -0.1) is 0 Å². The number of halogens is 1. The SMILES string of the molecule is CCOc1ccc(S(=O)(=O)N(CC(=O)Nc2ccc(Oc3ccc(Cl)cc3)cc2)c2ccc(C)cc2)cc1. The van der Waals surface area contributed by atoms with Crippen LogP contribution in [0.2, 0.25) is 5.02 Å².